The van der Waals surface area contributed by atoms with Gasteiger partial charge >= 0.3 is 0 Å². The smallest absolute Gasteiger partial charge is 0.131 e. The van der Waals surface area contributed by atoms with Crippen molar-refractivity contribution in [1.82, 2.24) is 4.90 Å². The van der Waals surface area contributed by atoms with Gasteiger partial charge < -0.3 is 5.11 Å². The molecule has 0 aromatic heterocycles. The first-order valence-corrected chi connectivity index (χ1v) is 6.30. The first kappa shape index (κ1) is 12.4. The minimum absolute atomic E-state index is 0.00860. The van der Waals surface area contributed by atoms with E-state index in [1.165, 1.54) is 18.9 Å². The van der Waals surface area contributed by atoms with Gasteiger partial charge in [0.25, 0.3) is 0 Å². The van der Waals surface area contributed by atoms with Gasteiger partial charge in [-0.2, -0.15) is 0 Å². The molecule has 1 saturated heterocycles. The van der Waals surface area contributed by atoms with Gasteiger partial charge in [0.1, 0.15) is 11.6 Å². The van der Waals surface area contributed by atoms with Gasteiger partial charge in [0.05, 0.1) is 0 Å². The van der Waals surface area contributed by atoms with Crippen LogP contribution in [0.1, 0.15) is 38.3 Å². The molecule has 3 heteroatoms. The van der Waals surface area contributed by atoms with Crippen LogP contribution in [0.2, 0.25) is 0 Å². The van der Waals surface area contributed by atoms with E-state index in [0.29, 0.717) is 5.56 Å². The zero-order chi connectivity index (χ0) is 12.4. The minimum atomic E-state index is -0.309. The van der Waals surface area contributed by atoms with E-state index in [9.17, 15) is 9.50 Å². The van der Waals surface area contributed by atoms with Crippen molar-refractivity contribution in [1.29, 1.82) is 0 Å². The molecule has 1 N–H and O–H groups in total. The molecule has 1 aliphatic heterocycles. The lowest BCUT2D eigenvalue weighted by Crippen LogP contribution is -2.35. The Morgan fingerprint density at radius 2 is 2.00 bits per heavy atom. The lowest BCUT2D eigenvalue weighted by Gasteiger charge is -2.35. The number of piperidine rings is 1. The van der Waals surface area contributed by atoms with Crippen LogP contribution in [0.4, 0.5) is 4.39 Å². The number of rotatable bonds is 2. The van der Waals surface area contributed by atoms with E-state index >= 15 is 0 Å². The number of hydrogen-bond donors (Lipinski definition) is 1. The average molecular weight is 237 g/mol. The van der Waals surface area contributed by atoms with Crippen molar-refractivity contribution in [3.63, 3.8) is 0 Å². The summed E-state index contributed by atoms with van der Waals surface area (Å²) in [5.41, 5.74) is 0.678. The first-order chi connectivity index (χ1) is 8.08. The molecule has 1 aromatic rings. The second kappa shape index (κ2) is 5.05. The van der Waals surface area contributed by atoms with E-state index in [2.05, 4.69) is 11.8 Å². The molecule has 0 bridgehead atoms. The SMILES string of the molecule is CC1CCN(C(C)c2ccc(O)cc2F)CC1. The molecular formula is C14H20FNO. The Kier molecular flexibility index (Phi) is 3.67. The van der Waals surface area contributed by atoms with Crippen LogP contribution in [0.25, 0.3) is 0 Å². The van der Waals surface area contributed by atoms with Crippen molar-refractivity contribution in [2.24, 2.45) is 5.92 Å². The number of benzene rings is 1. The number of phenolic OH excluding ortho intramolecular Hbond substituents is 1. The highest BCUT2D eigenvalue weighted by Gasteiger charge is 2.23. The van der Waals surface area contributed by atoms with Crippen LogP contribution in [0.5, 0.6) is 5.75 Å². The predicted molar refractivity (Wildman–Crippen MR) is 66.5 cm³/mol. The molecule has 0 radical (unpaired) electrons. The number of hydrogen-bond acceptors (Lipinski definition) is 2. The zero-order valence-electron chi connectivity index (χ0n) is 10.5. The Balaban J connectivity index is 2.11. The summed E-state index contributed by atoms with van der Waals surface area (Å²) >= 11 is 0. The fourth-order valence-corrected chi connectivity index (χ4v) is 2.47. The van der Waals surface area contributed by atoms with Gasteiger partial charge in [-0.05, 0) is 44.8 Å². The van der Waals surface area contributed by atoms with Crippen LogP contribution in [0.15, 0.2) is 18.2 Å². The molecule has 1 atom stereocenters. The highest BCUT2D eigenvalue weighted by Crippen LogP contribution is 2.29. The van der Waals surface area contributed by atoms with Crippen molar-refractivity contribution in [2.75, 3.05) is 13.1 Å². The fourth-order valence-electron chi connectivity index (χ4n) is 2.47. The molecular weight excluding hydrogens is 217 g/mol. The molecule has 17 heavy (non-hydrogen) atoms. The quantitative estimate of drug-likeness (QED) is 0.853. The Labute approximate surface area is 102 Å². The molecule has 0 aliphatic carbocycles. The molecule has 1 unspecified atom stereocenters. The third kappa shape index (κ3) is 2.78. The predicted octanol–water partition coefficient (Wildman–Crippen LogP) is 3.32. The number of nitrogens with zero attached hydrogens (tertiary/aromatic N) is 1. The van der Waals surface area contributed by atoms with Crippen LogP contribution in [0.3, 0.4) is 0 Å². The molecule has 0 spiro atoms. The first-order valence-electron chi connectivity index (χ1n) is 6.30. The molecule has 2 nitrogen and oxygen atoms in total. The fraction of sp³-hybridized carbons (Fsp3) is 0.571. The van der Waals surface area contributed by atoms with Crippen LogP contribution in [-0.2, 0) is 0 Å². The number of halogens is 1. The second-order valence-corrected chi connectivity index (χ2v) is 5.10. The topological polar surface area (TPSA) is 23.5 Å². The summed E-state index contributed by atoms with van der Waals surface area (Å²) in [7, 11) is 0. The van der Waals surface area contributed by atoms with Crippen LogP contribution in [-0.4, -0.2) is 23.1 Å². The highest BCUT2D eigenvalue weighted by atomic mass is 19.1. The van der Waals surface area contributed by atoms with E-state index in [1.54, 1.807) is 12.1 Å². The lowest BCUT2D eigenvalue weighted by molar-refractivity contribution is 0.145. The van der Waals surface area contributed by atoms with E-state index in [-0.39, 0.29) is 17.6 Å². The van der Waals surface area contributed by atoms with Gasteiger partial charge in [0.15, 0.2) is 0 Å². The van der Waals surface area contributed by atoms with E-state index in [1.807, 2.05) is 6.92 Å². The molecule has 1 fully saturated rings. The Morgan fingerprint density at radius 3 is 2.59 bits per heavy atom. The zero-order valence-corrected chi connectivity index (χ0v) is 10.5. The second-order valence-electron chi connectivity index (χ2n) is 5.10. The molecule has 1 heterocycles. The minimum Gasteiger partial charge on any atom is -0.508 e. The van der Waals surface area contributed by atoms with Gasteiger partial charge in [0, 0.05) is 17.7 Å². The summed E-state index contributed by atoms with van der Waals surface area (Å²) in [5.74, 6) is 0.463. The monoisotopic (exact) mass is 237 g/mol. The normalized spacial score (nSPS) is 20.4. The summed E-state index contributed by atoms with van der Waals surface area (Å²) in [5, 5.41) is 9.21. The molecule has 0 amide bonds. The number of likely N-dealkylation sites (tertiary alicyclic amines) is 1. The van der Waals surface area contributed by atoms with Crippen molar-refractivity contribution < 1.29 is 9.50 Å². The van der Waals surface area contributed by atoms with Crippen LogP contribution >= 0.6 is 0 Å². The maximum atomic E-state index is 13.7. The largest absolute Gasteiger partial charge is 0.508 e. The number of phenols is 1. The van der Waals surface area contributed by atoms with Crippen molar-refractivity contribution in [3.8, 4) is 5.75 Å². The Morgan fingerprint density at radius 1 is 1.35 bits per heavy atom. The van der Waals surface area contributed by atoms with Gasteiger partial charge in [0.2, 0.25) is 0 Å². The summed E-state index contributed by atoms with van der Waals surface area (Å²) in [6.45, 7) is 6.36. The molecule has 1 aliphatic rings. The Bertz CT molecular complexity index is 386. The van der Waals surface area contributed by atoms with E-state index < -0.39 is 0 Å². The molecule has 1 aromatic carbocycles. The average Bonchev–Trinajstić information content (AvgIpc) is 2.29. The summed E-state index contributed by atoms with van der Waals surface area (Å²) in [6, 6.07) is 4.52. The van der Waals surface area contributed by atoms with Crippen molar-refractivity contribution in [2.45, 2.75) is 32.7 Å². The summed E-state index contributed by atoms with van der Waals surface area (Å²) < 4.78 is 13.7. The highest BCUT2D eigenvalue weighted by molar-refractivity contribution is 5.29. The summed E-state index contributed by atoms with van der Waals surface area (Å²) in [6.07, 6.45) is 2.37. The van der Waals surface area contributed by atoms with Crippen molar-refractivity contribution >= 4 is 0 Å². The van der Waals surface area contributed by atoms with Gasteiger partial charge in [-0.3, -0.25) is 4.90 Å². The van der Waals surface area contributed by atoms with E-state index in [0.717, 1.165) is 19.0 Å². The van der Waals surface area contributed by atoms with Gasteiger partial charge in [-0.15, -0.1) is 0 Å². The molecule has 0 saturated carbocycles. The van der Waals surface area contributed by atoms with Crippen molar-refractivity contribution in [3.05, 3.63) is 29.6 Å². The maximum Gasteiger partial charge on any atom is 0.131 e. The van der Waals surface area contributed by atoms with Crippen LogP contribution in [0, 0.1) is 11.7 Å². The third-order valence-electron chi connectivity index (χ3n) is 3.80. The standard InChI is InChI=1S/C14H20FNO/c1-10-5-7-16(8-6-10)11(2)13-4-3-12(17)9-14(13)15/h3-4,9-11,17H,5-8H2,1-2H3. The Hall–Kier alpha value is -1.09. The molecule has 94 valence electrons. The maximum absolute atomic E-state index is 13.7. The molecule has 2 rings (SSSR count). The van der Waals surface area contributed by atoms with E-state index in [4.69, 9.17) is 0 Å². The summed E-state index contributed by atoms with van der Waals surface area (Å²) in [4.78, 5) is 2.31. The van der Waals surface area contributed by atoms with Gasteiger partial charge in [-0.1, -0.05) is 13.0 Å². The number of aromatic hydroxyl groups is 1. The third-order valence-corrected chi connectivity index (χ3v) is 3.80. The lowest BCUT2D eigenvalue weighted by atomic mass is 9.96. The van der Waals surface area contributed by atoms with Crippen LogP contribution < -0.4 is 0 Å². The van der Waals surface area contributed by atoms with Gasteiger partial charge in [-0.25, -0.2) is 4.39 Å².